The number of nitrogens with zero attached hydrogens (tertiary/aromatic N) is 4. The molecule has 5 rings (SSSR count). The zero-order chi connectivity index (χ0) is 20.3. The zero-order valence-corrected chi connectivity index (χ0v) is 16.5. The van der Waals surface area contributed by atoms with Crippen molar-refractivity contribution in [1.82, 2.24) is 19.3 Å². The number of carbonyl (C=O) groups is 1. The summed E-state index contributed by atoms with van der Waals surface area (Å²) >= 11 is 6.10. The molecule has 0 unspecified atom stereocenters. The molecule has 0 saturated heterocycles. The highest BCUT2D eigenvalue weighted by molar-refractivity contribution is 6.30. The second-order valence-electron chi connectivity index (χ2n) is 7.19. The second kappa shape index (κ2) is 6.42. The molecule has 0 radical (unpaired) electrons. The Hall–Kier alpha value is -3.19. The van der Waals surface area contributed by atoms with Crippen LogP contribution in [0.2, 0.25) is 5.02 Å². The molecule has 1 aliphatic rings. The lowest BCUT2D eigenvalue weighted by Crippen LogP contribution is -2.25. The minimum Gasteiger partial charge on any atom is -0.311 e. The van der Waals surface area contributed by atoms with Crippen molar-refractivity contribution in [2.75, 3.05) is 5.32 Å². The van der Waals surface area contributed by atoms with Crippen LogP contribution in [0.5, 0.6) is 0 Å². The fourth-order valence-electron chi connectivity index (χ4n) is 4.06. The molecule has 6 nitrogen and oxygen atoms in total. The minimum atomic E-state index is -0.471. The van der Waals surface area contributed by atoms with Crippen LogP contribution in [0.15, 0.2) is 42.5 Å². The SMILES string of the molecule is Cc1nn(-c2nc3ccccc3n2C)c2c1[C@@H](c1cc(Cl)ccc1F)CC(=O)N2. The minimum absolute atomic E-state index is 0.124. The van der Waals surface area contributed by atoms with E-state index in [-0.39, 0.29) is 12.3 Å². The number of aryl methyl sites for hydroxylation is 2. The number of fused-ring (bicyclic) bond motifs is 2. The molecule has 8 heteroatoms. The predicted molar refractivity (Wildman–Crippen MR) is 109 cm³/mol. The Balaban J connectivity index is 1.73. The number of halogens is 2. The number of nitrogens with one attached hydrogen (secondary N) is 1. The van der Waals surface area contributed by atoms with Gasteiger partial charge < -0.3 is 9.88 Å². The number of benzene rings is 2. The molecule has 146 valence electrons. The maximum absolute atomic E-state index is 14.6. The molecule has 29 heavy (non-hydrogen) atoms. The number of hydrogen-bond donors (Lipinski definition) is 1. The lowest BCUT2D eigenvalue weighted by Gasteiger charge is -2.24. The summed E-state index contributed by atoms with van der Waals surface area (Å²) in [6, 6.07) is 12.2. The topological polar surface area (TPSA) is 64.7 Å². The van der Waals surface area contributed by atoms with E-state index < -0.39 is 11.7 Å². The van der Waals surface area contributed by atoms with Crippen molar-refractivity contribution >= 4 is 34.4 Å². The number of anilines is 1. The number of aromatic nitrogens is 4. The van der Waals surface area contributed by atoms with Gasteiger partial charge in [-0.05, 0) is 42.8 Å². The summed E-state index contributed by atoms with van der Waals surface area (Å²) in [6.45, 7) is 1.85. The summed E-state index contributed by atoms with van der Waals surface area (Å²) in [7, 11) is 1.90. The molecular formula is C21H17ClFN5O. The van der Waals surface area contributed by atoms with E-state index in [1.165, 1.54) is 12.1 Å². The summed E-state index contributed by atoms with van der Waals surface area (Å²) < 4.78 is 18.1. The van der Waals surface area contributed by atoms with Crippen LogP contribution in [0, 0.1) is 12.7 Å². The van der Waals surface area contributed by atoms with Gasteiger partial charge in [0.25, 0.3) is 0 Å². The quantitative estimate of drug-likeness (QED) is 0.535. The van der Waals surface area contributed by atoms with E-state index >= 15 is 0 Å². The van der Waals surface area contributed by atoms with Crippen LogP contribution in [-0.2, 0) is 11.8 Å². The van der Waals surface area contributed by atoms with Gasteiger partial charge in [-0.25, -0.2) is 9.37 Å². The Morgan fingerprint density at radius 3 is 2.83 bits per heavy atom. The van der Waals surface area contributed by atoms with Gasteiger partial charge in [0.1, 0.15) is 11.6 Å². The number of para-hydroxylation sites is 2. The average molecular weight is 410 g/mol. The molecule has 2 aromatic carbocycles. The van der Waals surface area contributed by atoms with Gasteiger partial charge in [-0.3, -0.25) is 4.79 Å². The van der Waals surface area contributed by atoms with Crippen LogP contribution in [0.3, 0.4) is 0 Å². The van der Waals surface area contributed by atoms with Gasteiger partial charge in [0, 0.05) is 30.0 Å². The molecule has 4 aromatic rings. The Labute approximate surface area is 170 Å². The third-order valence-electron chi connectivity index (χ3n) is 5.39. The molecule has 0 fully saturated rings. The molecule has 1 atom stereocenters. The van der Waals surface area contributed by atoms with Crippen LogP contribution < -0.4 is 5.32 Å². The lowest BCUT2D eigenvalue weighted by atomic mass is 9.85. The van der Waals surface area contributed by atoms with Gasteiger partial charge in [-0.2, -0.15) is 9.78 Å². The molecule has 3 heterocycles. The third-order valence-corrected chi connectivity index (χ3v) is 5.62. The van der Waals surface area contributed by atoms with Gasteiger partial charge in [0.15, 0.2) is 0 Å². The second-order valence-corrected chi connectivity index (χ2v) is 7.63. The number of amides is 1. The first-order chi connectivity index (χ1) is 13.9. The Morgan fingerprint density at radius 2 is 2.03 bits per heavy atom. The van der Waals surface area contributed by atoms with Crippen molar-refractivity contribution in [2.45, 2.75) is 19.3 Å². The molecule has 1 amide bonds. The van der Waals surface area contributed by atoms with Crippen LogP contribution in [-0.4, -0.2) is 25.2 Å². The van der Waals surface area contributed by atoms with Crippen molar-refractivity contribution in [3.05, 3.63) is 70.1 Å². The van der Waals surface area contributed by atoms with E-state index in [1.807, 2.05) is 42.8 Å². The number of carbonyl (C=O) groups excluding carboxylic acids is 1. The van der Waals surface area contributed by atoms with E-state index in [1.54, 1.807) is 10.7 Å². The van der Waals surface area contributed by atoms with Crippen LogP contribution >= 0.6 is 11.6 Å². The normalized spacial score (nSPS) is 16.1. The van der Waals surface area contributed by atoms with Gasteiger partial charge in [-0.1, -0.05) is 23.7 Å². The van der Waals surface area contributed by atoms with Gasteiger partial charge in [-0.15, -0.1) is 0 Å². The highest BCUT2D eigenvalue weighted by atomic mass is 35.5. The maximum atomic E-state index is 14.6. The summed E-state index contributed by atoms with van der Waals surface area (Å²) in [5.41, 5.74) is 3.64. The molecule has 0 saturated carbocycles. The van der Waals surface area contributed by atoms with E-state index in [9.17, 15) is 9.18 Å². The van der Waals surface area contributed by atoms with Crippen LogP contribution in [0.4, 0.5) is 10.2 Å². The smallest absolute Gasteiger partial charge is 0.233 e. The summed E-state index contributed by atoms with van der Waals surface area (Å²) in [6.07, 6.45) is 0.124. The first-order valence-corrected chi connectivity index (χ1v) is 9.58. The van der Waals surface area contributed by atoms with E-state index in [2.05, 4.69) is 15.4 Å². The monoisotopic (exact) mass is 409 g/mol. The first-order valence-electron chi connectivity index (χ1n) is 9.20. The predicted octanol–water partition coefficient (Wildman–Crippen LogP) is 4.33. The number of imidazole rings is 1. The number of hydrogen-bond acceptors (Lipinski definition) is 3. The Morgan fingerprint density at radius 1 is 1.24 bits per heavy atom. The highest BCUT2D eigenvalue weighted by Gasteiger charge is 2.35. The van der Waals surface area contributed by atoms with Crippen LogP contribution in [0.1, 0.15) is 29.2 Å². The van der Waals surface area contributed by atoms with Crippen molar-refractivity contribution < 1.29 is 9.18 Å². The summed E-state index contributed by atoms with van der Waals surface area (Å²) in [5.74, 6) is 0.0159. The molecule has 0 bridgehead atoms. The molecule has 0 spiro atoms. The fraction of sp³-hybridized carbons (Fsp3) is 0.190. The molecule has 1 aliphatic heterocycles. The molecule has 2 aromatic heterocycles. The summed E-state index contributed by atoms with van der Waals surface area (Å²) in [4.78, 5) is 17.2. The third kappa shape index (κ3) is 2.73. The van der Waals surface area contributed by atoms with E-state index in [0.717, 1.165) is 16.6 Å². The van der Waals surface area contributed by atoms with E-state index in [4.69, 9.17) is 11.6 Å². The van der Waals surface area contributed by atoms with Crippen LogP contribution in [0.25, 0.3) is 17.0 Å². The lowest BCUT2D eigenvalue weighted by molar-refractivity contribution is -0.116. The molecular weight excluding hydrogens is 393 g/mol. The van der Waals surface area contributed by atoms with Gasteiger partial charge in [0.2, 0.25) is 11.9 Å². The molecule has 0 aliphatic carbocycles. The standard InChI is InChI=1S/C21H17ClFN5O/c1-11-19-14(13-9-12(22)7-8-15(13)23)10-18(29)25-20(19)28(26-11)21-24-16-5-3-4-6-17(16)27(21)2/h3-9,14H,10H2,1-2H3,(H,25,29)/t14-/m1/s1. The summed E-state index contributed by atoms with van der Waals surface area (Å²) in [5, 5.41) is 7.98. The van der Waals surface area contributed by atoms with Crippen molar-refractivity contribution in [3.8, 4) is 5.95 Å². The maximum Gasteiger partial charge on any atom is 0.233 e. The highest BCUT2D eigenvalue weighted by Crippen LogP contribution is 2.41. The largest absolute Gasteiger partial charge is 0.311 e. The van der Waals surface area contributed by atoms with Gasteiger partial charge in [0.05, 0.1) is 16.7 Å². The van der Waals surface area contributed by atoms with Crippen molar-refractivity contribution in [2.24, 2.45) is 7.05 Å². The van der Waals surface area contributed by atoms with Gasteiger partial charge >= 0.3 is 0 Å². The van der Waals surface area contributed by atoms with Crippen molar-refractivity contribution in [1.29, 1.82) is 0 Å². The Kier molecular flexibility index (Phi) is 3.96. The average Bonchev–Trinajstić information content (AvgIpc) is 3.20. The Bertz CT molecular complexity index is 1290. The first kappa shape index (κ1) is 17.9. The molecule has 1 N–H and O–H groups in total. The number of rotatable bonds is 2. The fourth-order valence-corrected chi connectivity index (χ4v) is 4.24. The van der Waals surface area contributed by atoms with Crippen molar-refractivity contribution in [3.63, 3.8) is 0 Å². The zero-order valence-electron chi connectivity index (χ0n) is 15.8. The van der Waals surface area contributed by atoms with E-state index in [0.29, 0.717) is 28.0 Å².